The van der Waals surface area contributed by atoms with Crippen LogP contribution in [0, 0.1) is 5.82 Å². The maximum atomic E-state index is 13.2. The molecule has 5 heteroatoms. The predicted octanol–water partition coefficient (Wildman–Crippen LogP) is 4.64. The molecule has 0 aliphatic carbocycles. The Balaban J connectivity index is 1.76. The van der Waals surface area contributed by atoms with E-state index < -0.39 is 0 Å². The largest absolute Gasteiger partial charge is 0.312 e. The first kappa shape index (κ1) is 14.0. The zero-order chi connectivity index (χ0) is 13.0. The van der Waals surface area contributed by atoms with Gasteiger partial charge in [-0.15, -0.1) is 11.3 Å². The third-order valence-electron chi connectivity index (χ3n) is 2.49. The molecule has 0 atom stereocenters. The molecule has 1 nitrogen and oxygen atoms in total. The van der Waals surface area contributed by atoms with Crippen molar-refractivity contribution in [2.75, 3.05) is 6.54 Å². The number of hydrogen-bond acceptors (Lipinski definition) is 2. The maximum absolute atomic E-state index is 13.2. The maximum Gasteiger partial charge on any atom is 0.142 e. The summed E-state index contributed by atoms with van der Waals surface area (Å²) < 4.78 is 14.3. The van der Waals surface area contributed by atoms with Crippen LogP contribution >= 0.6 is 38.9 Å². The van der Waals surface area contributed by atoms with E-state index in [1.54, 1.807) is 17.4 Å². The first-order chi connectivity index (χ1) is 8.65. The Hall–Kier alpha value is -0.420. The van der Waals surface area contributed by atoms with Crippen LogP contribution in [0.15, 0.2) is 34.1 Å². The highest BCUT2D eigenvalue weighted by atomic mass is 79.9. The minimum absolute atomic E-state index is 0.169. The van der Waals surface area contributed by atoms with Crippen molar-refractivity contribution in [1.29, 1.82) is 0 Å². The molecule has 0 unspecified atom stereocenters. The van der Waals surface area contributed by atoms with Crippen LogP contribution in [0.25, 0.3) is 0 Å². The van der Waals surface area contributed by atoms with E-state index >= 15 is 0 Å². The summed E-state index contributed by atoms with van der Waals surface area (Å²) in [4.78, 5) is 1.33. The average Bonchev–Trinajstić information content (AvgIpc) is 2.75. The topological polar surface area (TPSA) is 12.0 Å². The zero-order valence-corrected chi connectivity index (χ0v) is 12.7. The van der Waals surface area contributed by atoms with E-state index in [0.717, 1.165) is 22.3 Å². The van der Waals surface area contributed by atoms with Gasteiger partial charge in [0.2, 0.25) is 0 Å². The Labute approximate surface area is 123 Å². The van der Waals surface area contributed by atoms with E-state index in [1.807, 2.05) is 6.07 Å². The first-order valence-corrected chi connectivity index (χ1v) is 7.53. The van der Waals surface area contributed by atoms with E-state index in [0.29, 0.717) is 6.54 Å². The molecular formula is C13H12BrClFNS. The Morgan fingerprint density at radius 3 is 2.78 bits per heavy atom. The molecule has 0 amide bonds. The third kappa shape index (κ3) is 4.05. The van der Waals surface area contributed by atoms with E-state index in [-0.39, 0.29) is 10.8 Å². The van der Waals surface area contributed by atoms with Gasteiger partial charge in [0.25, 0.3) is 0 Å². The lowest BCUT2D eigenvalue weighted by atomic mass is 10.2. The van der Waals surface area contributed by atoms with Crippen molar-refractivity contribution in [3.05, 3.63) is 55.4 Å². The predicted molar refractivity (Wildman–Crippen MR) is 78.8 cm³/mol. The summed E-state index contributed by atoms with van der Waals surface area (Å²) >= 11 is 10.8. The van der Waals surface area contributed by atoms with Crippen molar-refractivity contribution >= 4 is 38.9 Å². The third-order valence-corrected chi connectivity index (χ3v) is 4.48. The lowest BCUT2D eigenvalue weighted by molar-refractivity contribution is 0.620. The molecule has 2 aromatic rings. The lowest BCUT2D eigenvalue weighted by Crippen LogP contribution is -2.16. The first-order valence-electron chi connectivity index (χ1n) is 5.54. The van der Waals surface area contributed by atoms with E-state index in [2.05, 4.69) is 33.4 Å². The van der Waals surface area contributed by atoms with Gasteiger partial charge < -0.3 is 5.32 Å². The molecule has 1 N–H and O–H groups in total. The van der Waals surface area contributed by atoms with Gasteiger partial charge in [-0.25, -0.2) is 4.39 Å². The molecule has 2 rings (SSSR count). The Morgan fingerprint density at radius 2 is 2.11 bits per heavy atom. The summed E-state index contributed by atoms with van der Waals surface area (Å²) in [6, 6.07) is 9.05. The Morgan fingerprint density at radius 1 is 1.28 bits per heavy atom. The second-order valence-corrected chi connectivity index (χ2v) is 6.84. The van der Waals surface area contributed by atoms with Crippen molar-refractivity contribution in [3.8, 4) is 0 Å². The number of thiophene rings is 1. The van der Waals surface area contributed by atoms with Crippen molar-refractivity contribution in [2.45, 2.75) is 13.0 Å². The quantitative estimate of drug-likeness (QED) is 0.777. The fourth-order valence-corrected chi connectivity index (χ4v) is 3.18. The molecule has 0 saturated carbocycles. The number of nitrogens with one attached hydrogen (secondary N) is 1. The number of halogens is 3. The van der Waals surface area contributed by atoms with Crippen molar-refractivity contribution < 1.29 is 4.39 Å². The van der Waals surface area contributed by atoms with Crippen LogP contribution in [0.5, 0.6) is 0 Å². The van der Waals surface area contributed by atoms with Crippen LogP contribution in [0.1, 0.15) is 10.4 Å². The number of benzene rings is 1. The monoisotopic (exact) mass is 347 g/mol. The molecule has 0 aliphatic heterocycles. The van der Waals surface area contributed by atoms with Gasteiger partial charge in [0.05, 0.1) is 8.81 Å². The van der Waals surface area contributed by atoms with Crippen LogP contribution in [0.2, 0.25) is 5.02 Å². The summed E-state index contributed by atoms with van der Waals surface area (Å²) in [7, 11) is 0. The molecule has 0 saturated heterocycles. The standard InChI is InChI=1S/C13H12BrClFNS/c14-13-4-2-10(18-13)5-6-17-8-9-1-3-11(15)12(16)7-9/h1-4,7,17H,5-6,8H2. The summed E-state index contributed by atoms with van der Waals surface area (Å²) in [5.74, 6) is -0.363. The van der Waals surface area contributed by atoms with E-state index in [4.69, 9.17) is 11.6 Å². The summed E-state index contributed by atoms with van der Waals surface area (Å²) in [5.41, 5.74) is 0.907. The molecular weight excluding hydrogens is 337 g/mol. The van der Waals surface area contributed by atoms with Crippen LogP contribution < -0.4 is 5.32 Å². The van der Waals surface area contributed by atoms with Gasteiger partial charge >= 0.3 is 0 Å². The van der Waals surface area contributed by atoms with Gasteiger partial charge in [-0.05, 0) is 52.2 Å². The van der Waals surface area contributed by atoms with Gasteiger partial charge in [0.1, 0.15) is 5.82 Å². The molecule has 0 spiro atoms. The molecule has 18 heavy (non-hydrogen) atoms. The zero-order valence-electron chi connectivity index (χ0n) is 9.55. The molecule has 0 bridgehead atoms. The fourth-order valence-electron chi connectivity index (χ4n) is 1.58. The highest BCUT2D eigenvalue weighted by Crippen LogP contribution is 2.22. The molecule has 0 aliphatic rings. The van der Waals surface area contributed by atoms with Gasteiger partial charge in [0.15, 0.2) is 0 Å². The molecule has 1 heterocycles. The molecule has 1 aromatic heterocycles. The second kappa shape index (κ2) is 6.66. The van der Waals surface area contributed by atoms with Crippen LogP contribution in [-0.4, -0.2) is 6.54 Å². The van der Waals surface area contributed by atoms with Gasteiger partial charge in [0, 0.05) is 18.0 Å². The summed E-state index contributed by atoms with van der Waals surface area (Å²) in [6.45, 7) is 1.53. The SMILES string of the molecule is Fc1cc(CNCCc2ccc(Br)s2)ccc1Cl. The normalized spacial score (nSPS) is 10.8. The lowest BCUT2D eigenvalue weighted by Gasteiger charge is -2.04. The Bertz CT molecular complexity index is 529. The van der Waals surface area contributed by atoms with Gasteiger partial charge in [-0.1, -0.05) is 17.7 Å². The van der Waals surface area contributed by atoms with Crippen LogP contribution in [0.3, 0.4) is 0 Å². The molecule has 1 aromatic carbocycles. The Kier molecular flexibility index (Phi) is 5.18. The number of rotatable bonds is 5. The average molecular weight is 349 g/mol. The van der Waals surface area contributed by atoms with E-state index in [1.165, 1.54) is 10.9 Å². The minimum atomic E-state index is -0.363. The highest BCUT2D eigenvalue weighted by Gasteiger charge is 2.01. The van der Waals surface area contributed by atoms with Crippen molar-refractivity contribution in [1.82, 2.24) is 5.32 Å². The van der Waals surface area contributed by atoms with Crippen molar-refractivity contribution in [3.63, 3.8) is 0 Å². The van der Waals surface area contributed by atoms with E-state index in [9.17, 15) is 4.39 Å². The highest BCUT2D eigenvalue weighted by molar-refractivity contribution is 9.11. The van der Waals surface area contributed by atoms with Crippen LogP contribution in [0.4, 0.5) is 4.39 Å². The minimum Gasteiger partial charge on any atom is -0.312 e. The van der Waals surface area contributed by atoms with Gasteiger partial charge in [-0.3, -0.25) is 0 Å². The summed E-state index contributed by atoms with van der Waals surface area (Å²) in [6.07, 6.45) is 0.979. The van der Waals surface area contributed by atoms with Crippen molar-refractivity contribution in [2.24, 2.45) is 0 Å². The molecule has 0 radical (unpaired) electrons. The number of hydrogen-bond donors (Lipinski definition) is 1. The molecule has 96 valence electrons. The van der Waals surface area contributed by atoms with Gasteiger partial charge in [-0.2, -0.15) is 0 Å². The smallest absolute Gasteiger partial charge is 0.142 e. The summed E-state index contributed by atoms with van der Waals surface area (Å²) in [5, 5.41) is 3.46. The second-order valence-electron chi connectivity index (χ2n) is 3.88. The van der Waals surface area contributed by atoms with Crippen LogP contribution in [-0.2, 0) is 13.0 Å². The fraction of sp³-hybridized carbons (Fsp3) is 0.231. The molecule has 0 fully saturated rings.